The zero-order valence-electron chi connectivity index (χ0n) is 17.3. The van der Waals surface area contributed by atoms with E-state index in [0.717, 1.165) is 37.8 Å². The Morgan fingerprint density at radius 2 is 1.89 bits per heavy atom. The van der Waals surface area contributed by atoms with Gasteiger partial charge in [0.05, 0.1) is 0 Å². The zero-order chi connectivity index (χ0) is 19.5. The fourth-order valence-electron chi connectivity index (χ4n) is 2.70. The van der Waals surface area contributed by atoms with E-state index in [1.807, 2.05) is 6.07 Å². The predicted molar refractivity (Wildman–Crippen MR) is 126 cm³/mol. The first-order valence-corrected chi connectivity index (χ1v) is 9.71. The van der Waals surface area contributed by atoms with Gasteiger partial charge in [-0.05, 0) is 25.5 Å². The van der Waals surface area contributed by atoms with Gasteiger partial charge in [0.15, 0.2) is 11.8 Å². The topological polar surface area (TPSA) is 78.6 Å². The predicted octanol–water partition coefficient (Wildman–Crippen LogP) is 3.44. The molecule has 2 aromatic rings. The van der Waals surface area contributed by atoms with E-state index in [0.29, 0.717) is 18.9 Å². The molecule has 2 N–H and O–H groups in total. The van der Waals surface area contributed by atoms with Crippen molar-refractivity contribution in [3.63, 3.8) is 0 Å². The van der Waals surface area contributed by atoms with Gasteiger partial charge in [-0.25, -0.2) is 0 Å². The largest absolute Gasteiger partial charge is 0.372 e. The number of aromatic nitrogens is 2. The van der Waals surface area contributed by atoms with Crippen LogP contribution in [0.1, 0.15) is 44.8 Å². The molecule has 0 saturated carbocycles. The van der Waals surface area contributed by atoms with E-state index in [1.54, 1.807) is 7.05 Å². The molecule has 0 aliphatic rings. The van der Waals surface area contributed by atoms with Gasteiger partial charge in [0.25, 0.3) is 0 Å². The van der Waals surface area contributed by atoms with Gasteiger partial charge in [0.2, 0.25) is 5.89 Å². The van der Waals surface area contributed by atoms with Crippen molar-refractivity contribution in [3.05, 3.63) is 42.0 Å². The number of hydrogen-bond donors (Lipinski definition) is 2. The van der Waals surface area contributed by atoms with Gasteiger partial charge >= 0.3 is 0 Å². The molecule has 0 amide bonds. The van der Waals surface area contributed by atoms with E-state index < -0.39 is 0 Å². The first kappa shape index (κ1) is 24.2. The first-order valence-electron chi connectivity index (χ1n) is 9.71. The number of halogens is 1. The molecule has 28 heavy (non-hydrogen) atoms. The van der Waals surface area contributed by atoms with Crippen LogP contribution in [-0.2, 0) is 6.42 Å². The SMILES string of the molecule is CCN(CCCNC(=NC)NCCc1nc(C(C)C)no1)c1ccccc1.I. The van der Waals surface area contributed by atoms with Crippen LogP contribution in [0.15, 0.2) is 39.8 Å². The van der Waals surface area contributed by atoms with E-state index in [-0.39, 0.29) is 29.9 Å². The van der Waals surface area contributed by atoms with E-state index in [1.165, 1.54) is 5.69 Å². The standard InChI is InChI=1S/C20H32N6O.HI/c1-5-26(17-10-7-6-8-11-17)15-9-13-22-20(21-4)23-14-12-18-24-19(16(2)3)25-27-18;/h6-8,10-11,16H,5,9,12-15H2,1-4H3,(H2,21,22,23);1H. The van der Waals surface area contributed by atoms with Crippen molar-refractivity contribution in [2.24, 2.45) is 4.99 Å². The molecule has 0 spiro atoms. The molecule has 0 aliphatic heterocycles. The summed E-state index contributed by atoms with van der Waals surface area (Å²) in [6.07, 6.45) is 1.71. The Morgan fingerprint density at radius 1 is 1.18 bits per heavy atom. The number of para-hydroxylation sites is 1. The van der Waals surface area contributed by atoms with Gasteiger partial charge in [-0.15, -0.1) is 24.0 Å². The Bertz CT molecular complexity index is 689. The average molecular weight is 500 g/mol. The molecular formula is C20H33IN6O. The van der Waals surface area contributed by atoms with E-state index in [2.05, 4.69) is 75.7 Å². The third-order valence-corrected chi connectivity index (χ3v) is 4.26. The van der Waals surface area contributed by atoms with Crippen LogP contribution in [-0.4, -0.2) is 49.3 Å². The highest BCUT2D eigenvalue weighted by molar-refractivity contribution is 14.0. The number of anilines is 1. The van der Waals surface area contributed by atoms with E-state index >= 15 is 0 Å². The third-order valence-electron chi connectivity index (χ3n) is 4.26. The third kappa shape index (κ3) is 8.04. The number of aliphatic imine (C=N–C) groups is 1. The van der Waals surface area contributed by atoms with Crippen molar-refractivity contribution in [2.75, 3.05) is 38.1 Å². The second-order valence-corrected chi connectivity index (χ2v) is 6.65. The lowest BCUT2D eigenvalue weighted by Crippen LogP contribution is -2.39. The Balaban J connectivity index is 0.00000392. The minimum absolute atomic E-state index is 0. The summed E-state index contributed by atoms with van der Waals surface area (Å²) in [7, 11) is 1.78. The van der Waals surface area contributed by atoms with Crippen LogP contribution in [0.2, 0.25) is 0 Å². The fraction of sp³-hybridized carbons (Fsp3) is 0.550. The number of rotatable bonds is 10. The summed E-state index contributed by atoms with van der Waals surface area (Å²) in [5.41, 5.74) is 1.27. The van der Waals surface area contributed by atoms with Crippen LogP contribution < -0.4 is 15.5 Å². The molecule has 1 heterocycles. The van der Waals surface area contributed by atoms with Crippen LogP contribution in [0.25, 0.3) is 0 Å². The maximum absolute atomic E-state index is 5.25. The lowest BCUT2D eigenvalue weighted by Gasteiger charge is -2.23. The molecular weight excluding hydrogens is 467 g/mol. The molecule has 0 unspecified atom stereocenters. The van der Waals surface area contributed by atoms with Crippen LogP contribution >= 0.6 is 24.0 Å². The molecule has 8 heteroatoms. The Morgan fingerprint density at radius 3 is 2.50 bits per heavy atom. The summed E-state index contributed by atoms with van der Waals surface area (Å²) in [6.45, 7) is 9.85. The smallest absolute Gasteiger partial charge is 0.228 e. The van der Waals surface area contributed by atoms with E-state index in [4.69, 9.17) is 4.52 Å². The Hall–Kier alpha value is -1.84. The van der Waals surface area contributed by atoms with Gasteiger partial charge in [0.1, 0.15) is 0 Å². The number of hydrogen-bond acceptors (Lipinski definition) is 5. The molecule has 2 rings (SSSR count). The molecule has 1 aromatic carbocycles. The number of guanidine groups is 1. The monoisotopic (exact) mass is 500 g/mol. The molecule has 7 nitrogen and oxygen atoms in total. The second kappa shape index (κ2) is 13.4. The van der Waals surface area contributed by atoms with Crippen molar-refractivity contribution >= 4 is 35.6 Å². The molecule has 0 bridgehead atoms. The van der Waals surface area contributed by atoms with Gasteiger partial charge in [0, 0.05) is 51.3 Å². The Labute approximate surface area is 185 Å². The minimum Gasteiger partial charge on any atom is -0.372 e. The summed E-state index contributed by atoms with van der Waals surface area (Å²) in [4.78, 5) is 11.0. The number of nitrogens with zero attached hydrogens (tertiary/aromatic N) is 4. The van der Waals surface area contributed by atoms with Crippen molar-refractivity contribution in [3.8, 4) is 0 Å². The van der Waals surface area contributed by atoms with Crippen molar-refractivity contribution < 1.29 is 4.52 Å². The van der Waals surface area contributed by atoms with Crippen LogP contribution in [0.5, 0.6) is 0 Å². The molecule has 156 valence electrons. The Kier molecular flexibility index (Phi) is 11.5. The highest BCUT2D eigenvalue weighted by Crippen LogP contribution is 2.12. The second-order valence-electron chi connectivity index (χ2n) is 6.65. The normalized spacial score (nSPS) is 11.2. The molecule has 0 atom stereocenters. The molecule has 0 saturated heterocycles. The average Bonchev–Trinajstić information content (AvgIpc) is 3.16. The summed E-state index contributed by atoms with van der Waals surface area (Å²) < 4.78 is 5.25. The van der Waals surface area contributed by atoms with E-state index in [9.17, 15) is 0 Å². The fourth-order valence-corrected chi connectivity index (χ4v) is 2.70. The summed E-state index contributed by atoms with van der Waals surface area (Å²) in [6, 6.07) is 10.5. The first-order chi connectivity index (χ1) is 13.1. The molecule has 1 aromatic heterocycles. The van der Waals surface area contributed by atoms with Gasteiger partial charge in [-0.1, -0.05) is 37.2 Å². The highest BCUT2D eigenvalue weighted by Gasteiger charge is 2.09. The summed E-state index contributed by atoms with van der Waals surface area (Å²) >= 11 is 0. The van der Waals surface area contributed by atoms with Crippen LogP contribution in [0, 0.1) is 0 Å². The lowest BCUT2D eigenvalue weighted by atomic mass is 10.2. The molecule has 0 radical (unpaired) electrons. The molecule has 0 fully saturated rings. The summed E-state index contributed by atoms with van der Waals surface area (Å²) in [5, 5.41) is 10.6. The highest BCUT2D eigenvalue weighted by atomic mass is 127. The van der Waals surface area contributed by atoms with Gasteiger partial charge in [-0.2, -0.15) is 4.98 Å². The minimum atomic E-state index is 0. The number of nitrogens with one attached hydrogen (secondary N) is 2. The van der Waals surface area contributed by atoms with Crippen molar-refractivity contribution in [1.82, 2.24) is 20.8 Å². The maximum atomic E-state index is 5.25. The maximum Gasteiger partial charge on any atom is 0.228 e. The van der Waals surface area contributed by atoms with Crippen molar-refractivity contribution in [1.29, 1.82) is 0 Å². The van der Waals surface area contributed by atoms with Crippen LogP contribution in [0.4, 0.5) is 5.69 Å². The quantitative estimate of drug-likeness (QED) is 0.225. The van der Waals surface area contributed by atoms with Gasteiger partial charge < -0.3 is 20.1 Å². The molecule has 0 aliphatic carbocycles. The van der Waals surface area contributed by atoms with Crippen molar-refractivity contribution in [2.45, 2.75) is 39.5 Å². The number of benzene rings is 1. The summed E-state index contributed by atoms with van der Waals surface area (Å²) in [5.74, 6) is 2.49. The zero-order valence-corrected chi connectivity index (χ0v) is 19.6. The van der Waals surface area contributed by atoms with Gasteiger partial charge in [-0.3, -0.25) is 4.99 Å². The van der Waals surface area contributed by atoms with Crippen LogP contribution in [0.3, 0.4) is 0 Å². The lowest BCUT2D eigenvalue weighted by molar-refractivity contribution is 0.371.